The van der Waals surface area contributed by atoms with Crippen molar-refractivity contribution in [3.63, 3.8) is 0 Å². The molecule has 1 aromatic heterocycles. The van der Waals surface area contributed by atoms with E-state index in [4.69, 9.17) is 21.3 Å². The molecule has 0 N–H and O–H groups in total. The third-order valence-corrected chi connectivity index (χ3v) is 7.36. The molecule has 2 aromatic carbocycles. The van der Waals surface area contributed by atoms with Gasteiger partial charge in [0.15, 0.2) is 5.13 Å². The number of benzene rings is 2. The maximum absolute atomic E-state index is 13.5. The smallest absolute Gasteiger partial charge is 0.260 e. The van der Waals surface area contributed by atoms with E-state index in [0.717, 1.165) is 65.1 Å². The fourth-order valence-electron chi connectivity index (χ4n) is 3.73. The minimum absolute atomic E-state index is 0. The van der Waals surface area contributed by atoms with Crippen LogP contribution in [-0.4, -0.2) is 61.4 Å². The van der Waals surface area contributed by atoms with Crippen LogP contribution < -0.4 is 4.90 Å². The molecule has 4 rings (SSSR count). The first-order valence-corrected chi connectivity index (χ1v) is 12.8. The van der Waals surface area contributed by atoms with Crippen molar-refractivity contribution in [2.24, 2.45) is 0 Å². The van der Waals surface area contributed by atoms with E-state index in [1.54, 1.807) is 11.8 Å². The molecule has 1 aliphatic heterocycles. The predicted octanol–water partition coefficient (Wildman–Crippen LogP) is 5.77. The van der Waals surface area contributed by atoms with Gasteiger partial charge in [-0.25, -0.2) is 4.98 Å². The first-order valence-electron chi connectivity index (χ1n) is 10.4. The van der Waals surface area contributed by atoms with Gasteiger partial charge in [0.2, 0.25) is 0 Å². The highest BCUT2D eigenvalue weighted by molar-refractivity contribution is 7.98. The molecule has 5 nitrogen and oxygen atoms in total. The lowest BCUT2D eigenvalue weighted by Gasteiger charge is -2.27. The minimum Gasteiger partial charge on any atom is -0.379 e. The second kappa shape index (κ2) is 11.7. The number of anilines is 1. The Balaban J connectivity index is 0.00000289. The fraction of sp³-hybridized carbons (Fsp3) is 0.391. The van der Waals surface area contributed by atoms with Crippen LogP contribution in [0.1, 0.15) is 22.3 Å². The molecule has 0 atom stereocenters. The van der Waals surface area contributed by atoms with Crippen molar-refractivity contribution in [1.82, 2.24) is 9.88 Å². The topological polar surface area (TPSA) is 45.7 Å². The van der Waals surface area contributed by atoms with Crippen molar-refractivity contribution in [1.29, 1.82) is 0 Å². The molecule has 0 bridgehead atoms. The second-order valence-corrected chi connectivity index (χ2v) is 9.89. The summed E-state index contributed by atoms with van der Waals surface area (Å²) >= 11 is 9.41. The minimum atomic E-state index is -0.0133. The molecule has 0 radical (unpaired) electrons. The number of carbonyl (C=O) groups excluding carboxylic acids is 1. The Bertz CT molecular complexity index is 1070. The zero-order valence-electron chi connectivity index (χ0n) is 18.2. The number of aromatic nitrogens is 1. The summed E-state index contributed by atoms with van der Waals surface area (Å²) in [5.74, 6) is -0.0133. The van der Waals surface area contributed by atoms with E-state index in [2.05, 4.69) is 4.90 Å². The number of thioether (sulfide) groups is 1. The van der Waals surface area contributed by atoms with Crippen molar-refractivity contribution in [2.45, 2.75) is 18.2 Å². The third kappa shape index (κ3) is 5.95. The predicted molar refractivity (Wildman–Crippen MR) is 138 cm³/mol. The fourth-order valence-corrected chi connectivity index (χ4v) is 5.64. The highest BCUT2D eigenvalue weighted by atomic mass is 35.5. The first kappa shape index (κ1) is 25.3. The number of fused-ring (bicyclic) bond motifs is 1. The van der Waals surface area contributed by atoms with Crippen LogP contribution in [0, 0.1) is 6.92 Å². The van der Waals surface area contributed by atoms with Gasteiger partial charge in [-0.15, -0.1) is 24.2 Å². The van der Waals surface area contributed by atoms with Gasteiger partial charge in [-0.1, -0.05) is 29.0 Å². The molecule has 1 fully saturated rings. The average molecular weight is 513 g/mol. The van der Waals surface area contributed by atoms with Gasteiger partial charge in [-0.2, -0.15) is 0 Å². The molecule has 1 saturated heterocycles. The van der Waals surface area contributed by atoms with Crippen molar-refractivity contribution in [3.05, 3.63) is 52.5 Å². The number of nitrogens with zero attached hydrogens (tertiary/aromatic N) is 3. The third-order valence-electron chi connectivity index (χ3n) is 5.39. The lowest BCUT2D eigenvalue weighted by Crippen LogP contribution is -2.39. The molecule has 0 aliphatic carbocycles. The van der Waals surface area contributed by atoms with Gasteiger partial charge in [0.1, 0.15) is 0 Å². The van der Waals surface area contributed by atoms with Gasteiger partial charge in [0.25, 0.3) is 5.91 Å². The number of morpholine rings is 1. The summed E-state index contributed by atoms with van der Waals surface area (Å²) in [6.07, 6.45) is 2.90. The number of ether oxygens (including phenoxy) is 1. The van der Waals surface area contributed by atoms with E-state index in [1.807, 2.05) is 54.5 Å². The first-order chi connectivity index (χ1) is 15.0. The number of carbonyl (C=O) groups is 1. The zero-order chi connectivity index (χ0) is 21.8. The Morgan fingerprint density at radius 2 is 2.06 bits per heavy atom. The molecule has 9 heteroatoms. The van der Waals surface area contributed by atoms with Gasteiger partial charge in [0, 0.05) is 41.7 Å². The number of thiazole rings is 1. The molecular formula is C23H27Cl2N3O2S2. The van der Waals surface area contributed by atoms with Crippen molar-refractivity contribution in [2.75, 3.05) is 50.5 Å². The van der Waals surface area contributed by atoms with E-state index >= 15 is 0 Å². The van der Waals surface area contributed by atoms with Gasteiger partial charge in [0.05, 0.1) is 23.4 Å². The van der Waals surface area contributed by atoms with Crippen LogP contribution in [0.5, 0.6) is 0 Å². The number of amides is 1. The van der Waals surface area contributed by atoms with Gasteiger partial charge in [-0.05, 0) is 55.5 Å². The summed E-state index contributed by atoms with van der Waals surface area (Å²) in [4.78, 5) is 23.7. The Kier molecular flexibility index (Phi) is 9.22. The lowest BCUT2D eigenvalue weighted by molar-refractivity contribution is 0.0376. The van der Waals surface area contributed by atoms with Crippen molar-refractivity contribution in [3.8, 4) is 0 Å². The molecule has 0 unspecified atom stereocenters. The SMILES string of the molecule is CSc1cccc(C(=O)N(CCCN2CCOCC2)c2nc3c(C)cc(Cl)cc3s2)c1.Cl. The van der Waals surface area contributed by atoms with Crippen LogP contribution in [0.25, 0.3) is 10.2 Å². The van der Waals surface area contributed by atoms with Crippen molar-refractivity contribution < 1.29 is 9.53 Å². The second-order valence-electron chi connectivity index (χ2n) is 7.56. The Hall–Kier alpha value is -1.35. The standard InChI is InChI=1S/C23H26ClN3O2S2.ClH/c1-16-13-18(24)15-20-21(16)25-23(31-20)27(8-4-7-26-9-11-29-12-10-26)22(28)17-5-3-6-19(14-17)30-2;/h3,5-6,13-15H,4,7-12H2,1-2H3;1H. The number of hydrogen-bond donors (Lipinski definition) is 0. The van der Waals surface area contributed by atoms with Gasteiger partial charge in [-0.3, -0.25) is 14.6 Å². The van der Waals surface area contributed by atoms with Crippen LogP contribution in [-0.2, 0) is 4.74 Å². The molecule has 172 valence electrons. The molecule has 1 aliphatic rings. The highest BCUT2D eigenvalue weighted by Crippen LogP contribution is 2.34. The molecule has 0 saturated carbocycles. The molecule has 1 amide bonds. The Morgan fingerprint density at radius 3 is 2.81 bits per heavy atom. The summed E-state index contributed by atoms with van der Waals surface area (Å²) in [5, 5.41) is 1.42. The maximum atomic E-state index is 13.5. The lowest BCUT2D eigenvalue weighted by atomic mass is 10.2. The van der Waals surface area contributed by atoms with E-state index in [0.29, 0.717) is 17.1 Å². The average Bonchev–Trinajstić information content (AvgIpc) is 3.21. The maximum Gasteiger partial charge on any atom is 0.260 e. The summed E-state index contributed by atoms with van der Waals surface area (Å²) in [7, 11) is 0. The summed E-state index contributed by atoms with van der Waals surface area (Å²) in [6, 6.07) is 11.6. The summed E-state index contributed by atoms with van der Waals surface area (Å²) in [5.41, 5.74) is 2.62. The Labute approximate surface area is 208 Å². The van der Waals surface area contributed by atoms with Gasteiger partial charge >= 0.3 is 0 Å². The van der Waals surface area contributed by atoms with E-state index in [1.165, 1.54) is 11.3 Å². The summed E-state index contributed by atoms with van der Waals surface area (Å²) < 4.78 is 6.45. The normalized spacial score (nSPS) is 14.3. The molecule has 32 heavy (non-hydrogen) atoms. The van der Waals surface area contributed by atoms with Crippen LogP contribution in [0.3, 0.4) is 0 Å². The number of aryl methyl sites for hydroxylation is 1. The van der Waals surface area contributed by atoms with Crippen molar-refractivity contribution >= 4 is 68.4 Å². The number of halogens is 2. The zero-order valence-corrected chi connectivity index (χ0v) is 21.4. The van der Waals surface area contributed by atoms with Crippen LogP contribution in [0.15, 0.2) is 41.3 Å². The van der Waals surface area contributed by atoms with E-state index in [9.17, 15) is 4.79 Å². The quantitative estimate of drug-likeness (QED) is 0.376. The van der Waals surface area contributed by atoms with E-state index < -0.39 is 0 Å². The highest BCUT2D eigenvalue weighted by Gasteiger charge is 2.22. The van der Waals surface area contributed by atoms with Crippen LogP contribution in [0.2, 0.25) is 5.02 Å². The van der Waals surface area contributed by atoms with Crippen LogP contribution in [0.4, 0.5) is 5.13 Å². The number of hydrogen-bond acceptors (Lipinski definition) is 6. The summed E-state index contributed by atoms with van der Waals surface area (Å²) in [6.45, 7) is 7.01. The molecule has 0 spiro atoms. The van der Waals surface area contributed by atoms with Crippen LogP contribution >= 0.6 is 47.1 Å². The number of rotatable bonds is 7. The van der Waals surface area contributed by atoms with Gasteiger partial charge < -0.3 is 4.74 Å². The molecular weight excluding hydrogens is 485 g/mol. The monoisotopic (exact) mass is 511 g/mol. The largest absolute Gasteiger partial charge is 0.379 e. The molecule has 3 aromatic rings. The Morgan fingerprint density at radius 1 is 1.28 bits per heavy atom. The molecule has 2 heterocycles. The van der Waals surface area contributed by atoms with E-state index in [-0.39, 0.29) is 18.3 Å².